The van der Waals surface area contributed by atoms with Crippen LogP contribution in [0.4, 0.5) is 11.5 Å². The number of aromatic nitrogens is 2. The highest BCUT2D eigenvalue weighted by Gasteiger charge is 2.23. The summed E-state index contributed by atoms with van der Waals surface area (Å²) in [6.07, 6.45) is 8.94. The van der Waals surface area contributed by atoms with Crippen LogP contribution in [0.3, 0.4) is 0 Å². The van der Waals surface area contributed by atoms with Crippen molar-refractivity contribution in [1.82, 2.24) is 14.7 Å². The van der Waals surface area contributed by atoms with Crippen molar-refractivity contribution in [3.8, 4) is 22.7 Å². The molecule has 204 valence electrons. The number of amides is 1. The number of likely N-dealkylation sites (N-methyl/N-ethyl adjacent to an activating group) is 2. The fourth-order valence-electron chi connectivity index (χ4n) is 4.71. The molecule has 0 bridgehead atoms. The smallest absolute Gasteiger partial charge is 0.250 e. The Hall–Kier alpha value is -4.17. The van der Waals surface area contributed by atoms with Gasteiger partial charge in [0.2, 0.25) is 5.91 Å². The average Bonchev–Trinajstić information content (AvgIpc) is 3.27. The first kappa shape index (κ1) is 27.9. The summed E-state index contributed by atoms with van der Waals surface area (Å²) in [5.74, 6) is 1.33. The maximum Gasteiger partial charge on any atom is 0.250 e. The normalized spacial score (nSPS) is 13.4. The van der Waals surface area contributed by atoms with Crippen LogP contribution in [0.15, 0.2) is 67.4 Å². The van der Waals surface area contributed by atoms with Gasteiger partial charge in [-0.3, -0.25) is 9.69 Å². The average molecular weight is 527 g/mol. The van der Waals surface area contributed by atoms with E-state index in [9.17, 15) is 4.79 Å². The van der Waals surface area contributed by atoms with Gasteiger partial charge in [-0.05, 0) is 75.8 Å². The van der Waals surface area contributed by atoms with Crippen LogP contribution in [0.2, 0.25) is 0 Å². The molecule has 0 aliphatic heterocycles. The van der Waals surface area contributed by atoms with Gasteiger partial charge >= 0.3 is 0 Å². The molecule has 0 radical (unpaired) electrons. The van der Waals surface area contributed by atoms with Crippen molar-refractivity contribution in [2.45, 2.75) is 39.2 Å². The van der Waals surface area contributed by atoms with Crippen LogP contribution >= 0.6 is 0 Å². The minimum absolute atomic E-state index is 0.0739. The molecule has 0 spiro atoms. The number of nitrogens with zero attached hydrogens (tertiary/aromatic N) is 4. The molecule has 2 N–H and O–H groups in total. The van der Waals surface area contributed by atoms with E-state index in [1.807, 2.05) is 55.5 Å². The maximum absolute atomic E-state index is 12.8. The lowest BCUT2D eigenvalue weighted by molar-refractivity contribution is -0.113. The van der Waals surface area contributed by atoms with Gasteiger partial charge in [0.05, 0.1) is 18.4 Å². The number of nitrogens with one attached hydrogen (secondary N) is 2. The zero-order chi connectivity index (χ0) is 28.1. The molecule has 4 rings (SSSR count). The number of anilines is 2. The minimum atomic E-state index is -0.0739. The number of carbonyl (C=O) groups is 1. The Morgan fingerprint density at radius 1 is 1.23 bits per heavy atom. The fraction of sp³-hybridized carbons (Fsp3) is 0.323. The topological polar surface area (TPSA) is 86.5 Å². The monoisotopic (exact) mass is 526 g/mol. The molecule has 0 saturated heterocycles. The van der Waals surface area contributed by atoms with Crippen molar-refractivity contribution < 1.29 is 9.53 Å². The maximum atomic E-state index is 12.8. The summed E-state index contributed by atoms with van der Waals surface area (Å²) >= 11 is 0. The molecule has 3 aromatic rings. The highest BCUT2D eigenvalue weighted by molar-refractivity contribution is 6.06. The lowest BCUT2D eigenvalue weighted by Gasteiger charge is -2.33. The van der Waals surface area contributed by atoms with Gasteiger partial charge in [-0.25, -0.2) is 4.68 Å². The highest BCUT2D eigenvalue weighted by atomic mass is 16.5. The molecule has 0 unspecified atom stereocenters. The molecular formula is C31H38N6O2. The van der Waals surface area contributed by atoms with E-state index in [2.05, 4.69) is 23.8 Å². The molecule has 8 nitrogen and oxygen atoms in total. The van der Waals surface area contributed by atoms with Crippen molar-refractivity contribution in [1.29, 1.82) is 5.41 Å². The van der Waals surface area contributed by atoms with E-state index in [0.717, 1.165) is 34.8 Å². The van der Waals surface area contributed by atoms with Gasteiger partial charge < -0.3 is 20.4 Å². The summed E-state index contributed by atoms with van der Waals surface area (Å²) in [6, 6.07) is 14.2. The van der Waals surface area contributed by atoms with E-state index in [4.69, 9.17) is 15.2 Å². The Morgan fingerprint density at radius 3 is 2.54 bits per heavy atom. The summed E-state index contributed by atoms with van der Waals surface area (Å²) in [6.45, 7) is 8.32. The highest BCUT2D eigenvalue weighted by Crippen LogP contribution is 2.34. The minimum Gasteiger partial charge on any atom is -0.496 e. The standard InChI is InChI=1S/C31H38N6O2/c1-7-33-31-29(22(3)32)30(23-14-13-21(2)27(20-23)39-6)34-37(31)26-17-15-25(16-18-26)36(5)28(38)12-9-19-35(4)24-10-8-11-24/h7,9,12-18,20,24,32-33H,1,8,10-11,19H2,2-6H3/b12-9+,32-22?. The summed E-state index contributed by atoms with van der Waals surface area (Å²) in [7, 11) is 5.53. The Morgan fingerprint density at radius 2 is 1.95 bits per heavy atom. The second-order valence-corrected chi connectivity index (χ2v) is 9.98. The molecular weight excluding hydrogens is 488 g/mol. The van der Waals surface area contributed by atoms with Gasteiger partial charge in [-0.15, -0.1) is 0 Å². The van der Waals surface area contributed by atoms with E-state index in [1.165, 1.54) is 19.3 Å². The van der Waals surface area contributed by atoms with Crippen LogP contribution in [0.5, 0.6) is 5.75 Å². The van der Waals surface area contributed by atoms with Crippen molar-refractivity contribution in [2.24, 2.45) is 0 Å². The third-order valence-electron chi connectivity index (χ3n) is 7.34. The summed E-state index contributed by atoms with van der Waals surface area (Å²) in [5.41, 5.74) is 5.14. The second-order valence-electron chi connectivity index (χ2n) is 9.98. The number of ether oxygens (including phenoxy) is 1. The third-order valence-corrected chi connectivity index (χ3v) is 7.34. The molecule has 1 saturated carbocycles. The van der Waals surface area contributed by atoms with Crippen molar-refractivity contribution in [3.05, 3.63) is 78.5 Å². The van der Waals surface area contributed by atoms with Crippen molar-refractivity contribution in [3.63, 3.8) is 0 Å². The van der Waals surface area contributed by atoms with E-state index < -0.39 is 0 Å². The molecule has 8 heteroatoms. The largest absolute Gasteiger partial charge is 0.496 e. The number of benzene rings is 2. The molecule has 0 atom stereocenters. The predicted molar refractivity (Wildman–Crippen MR) is 159 cm³/mol. The van der Waals surface area contributed by atoms with Crippen LogP contribution in [-0.4, -0.2) is 60.1 Å². The van der Waals surface area contributed by atoms with E-state index in [0.29, 0.717) is 28.8 Å². The van der Waals surface area contributed by atoms with Crippen molar-refractivity contribution in [2.75, 3.05) is 38.0 Å². The first-order valence-corrected chi connectivity index (χ1v) is 13.2. The summed E-state index contributed by atoms with van der Waals surface area (Å²) in [4.78, 5) is 16.7. The number of carbonyl (C=O) groups excluding carboxylic acids is 1. The Bertz CT molecular complexity index is 1380. The molecule has 1 fully saturated rings. The number of rotatable bonds is 11. The van der Waals surface area contributed by atoms with E-state index >= 15 is 0 Å². The number of hydrogen-bond acceptors (Lipinski definition) is 6. The molecule has 2 aromatic carbocycles. The molecule has 1 amide bonds. The zero-order valence-electron chi connectivity index (χ0n) is 23.5. The zero-order valence-corrected chi connectivity index (χ0v) is 23.5. The van der Waals surface area contributed by atoms with Gasteiger partial charge in [0.25, 0.3) is 0 Å². The Kier molecular flexibility index (Phi) is 8.66. The Labute approximate surface area is 231 Å². The van der Waals surface area contributed by atoms with Crippen LogP contribution in [0.1, 0.15) is 37.3 Å². The van der Waals surface area contributed by atoms with Crippen LogP contribution in [0.25, 0.3) is 16.9 Å². The van der Waals surface area contributed by atoms with Gasteiger partial charge in [-0.2, -0.15) is 5.10 Å². The fourth-order valence-corrected chi connectivity index (χ4v) is 4.71. The van der Waals surface area contributed by atoms with Gasteiger partial charge in [0.1, 0.15) is 17.3 Å². The van der Waals surface area contributed by atoms with Crippen LogP contribution in [0, 0.1) is 12.3 Å². The molecule has 1 aliphatic carbocycles. The number of methoxy groups -OCH3 is 1. The lowest BCUT2D eigenvalue weighted by Crippen LogP contribution is -2.37. The van der Waals surface area contributed by atoms with Gasteiger partial charge in [-0.1, -0.05) is 31.2 Å². The van der Waals surface area contributed by atoms with Crippen molar-refractivity contribution >= 4 is 23.1 Å². The van der Waals surface area contributed by atoms with Gasteiger partial charge in [0.15, 0.2) is 0 Å². The summed E-state index contributed by atoms with van der Waals surface area (Å²) < 4.78 is 7.29. The number of aryl methyl sites for hydroxylation is 1. The third kappa shape index (κ3) is 5.96. The molecule has 1 heterocycles. The molecule has 1 aromatic heterocycles. The summed E-state index contributed by atoms with van der Waals surface area (Å²) in [5, 5.41) is 16.6. The SMILES string of the molecule is C=CNc1c(C(C)=N)c(-c2ccc(C)c(OC)c2)nn1-c1ccc(N(C)C(=O)/C=C/CN(C)C2CCC2)cc1. The molecule has 39 heavy (non-hydrogen) atoms. The predicted octanol–water partition coefficient (Wildman–Crippen LogP) is 5.80. The van der Waals surface area contributed by atoms with E-state index in [-0.39, 0.29) is 5.91 Å². The Balaban J connectivity index is 1.61. The lowest BCUT2D eigenvalue weighted by atomic mass is 9.92. The van der Waals surface area contributed by atoms with E-state index in [1.54, 1.807) is 42.9 Å². The van der Waals surface area contributed by atoms with Crippen LogP contribution in [-0.2, 0) is 4.79 Å². The van der Waals surface area contributed by atoms with Gasteiger partial charge in [0, 0.05) is 42.7 Å². The first-order chi connectivity index (χ1) is 18.7. The molecule has 1 aliphatic rings. The second kappa shape index (κ2) is 12.1. The van der Waals surface area contributed by atoms with Crippen LogP contribution < -0.4 is 15.0 Å². The quantitative estimate of drug-likeness (QED) is 0.244. The first-order valence-electron chi connectivity index (χ1n) is 13.2. The number of hydrogen-bond donors (Lipinski definition) is 2.